The molecule has 4 heterocycles. The SMILES string of the molecule is c1ccc(-c2ccc3c(c2)oc2cc(-c4nc(-c5ccccc5)nc(-c5cccc(-n6c7ccccc7c7cc8c9ccccc9n(-c9ccccc9)c8cc76)c5)n4)ccc23)cc1. The molecule has 0 aliphatic carbocycles. The number of hydrogen-bond donors (Lipinski definition) is 0. The molecule has 4 aromatic heterocycles. The summed E-state index contributed by atoms with van der Waals surface area (Å²) < 4.78 is 11.3. The highest BCUT2D eigenvalue weighted by molar-refractivity contribution is 6.19. The molecule has 9 aromatic carbocycles. The van der Waals surface area contributed by atoms with Crippen LogP contribution in [0.2, 0.25) is 0 Å². The third kappa shape index (κ3) is 5.69. The highest BCUT2D eigenvalue weighted by Gasteiger charge is 2.20. The highest BCUT2D eigenvalue weighted by atomic mass is 16.3. The van der Waals surface area contributed by atoms with Gasteiger partial charge < -0.3 is 13.6 Å². The maximum absolute atomic E-state index is 6.53. The van der Waals surface area contributed by atoms with Crippen molar-refractivity contribution in [3.63, 3.8) is 0 Å². The number of hydrogen-bond acceptors (Lipinski definition) is 4. The van der Waals surface area contributed by atoms with E-state index in [1.807, 2.05) is 36.4 Å². The lowest BCUT2D eigenvalue weighted by atomic mass is 10.0. The van der Waals surface area contributed by atoms with E-state index in [1.54, 1.807) is 0 Å². The van der Waals surface area contributed by atoms with E-state index in [4.69, 9.17) is 19.4 Å². The van der Waals surface area contributed by atoms with Gasteiger partial charge in [0.25, 0.3) is 0 Å². The van der Waals surface area contributed by atoms with Crippen molar-refractivity contribution in [1.29, 1.82) is 0 Å². The van der Waals surface area contributed by atoms with Crippen molar-refractivity contribution in [2.45, 2.75) is 0 Å². The molecule has 0 saturated carbocycles. The van der Waals surface area contributed by atoms with E-state index in [1.165, 1.54) is 27.1 Å². The Hall–Kier alpha value is -8.61. The van der Waals surface area contributed by atoms with Crippen LogP contribution in [0, 0.1) is 0 Å². The zero-order valence-corrected chi connectivity index (χ0v) is 33.9. The minimum absolute atomic E-state index is 0.574. The van der Waals surface area contributed by atoms with Crippen LogP contribution in [-0.2, 0) is 0 Å². The van der Waals surface area contributed by atoms with Gasteiger partial charge in [-0.05, 0) is 83.9 Å². The van der Waals surface area contributed by atoms with Gasteiger partial charge >= 0.3 is 0 Å². The molecule has 0 radical (unpaired) electrons. The molecule has 0 aliphatic heterocycles. The van der Waals surface area contributed by atoms with Gasteiger partial charge in [0.1, 0.15) is 11.2 Å². The zero-order chi connectivity index (χ0) is 41.4. The number of fused-ring (bicyclic) bond motifs is 9. The Morgan fingerprint density at radius 1 is 0.270 bits per heavy atom. The number of nitrogens with zero attached hydrogens (tertiary/aromatic N) is 5. The summed E-state index contributed by atoms with van der Waals surface area (Å²) in [6.07, 6.45) is 0. The first kappa shape index (κ1) is 35.2. The number of benzene rings is 9. The molecule has 6 heteroatoms. The molecule has 63 heavy (non-hydrogen) atoms. The summed E-state index contributed by atoms with van der Waals surface area (Å²) in [6, 6.07) is 74.5. The van der Waals surface area contributed by atoms with Gasteiger partial charge in [-0.1, -0.05) is 140 Å². The third-order valence-electron chi connectivity index (χ3n) is 12.3. The fourth-order valence-corrected chi connectivity index (χ4v) is 9.43. The lowest BCUT2D eigenvalue weighted by Crippen LogP contribution is -2.01. The summed E-state index contributed by atoms with van der Waals surface area (Å²) in [7, 11) is 0. The van der Waals surface area contributed by atoms with E-state index in [-0.39, 0.29) is 0 Å². The van der Waals surface area contributed by atoms with Gasteiger partial charge in [-0.15, -0.1) is 0 Å². The quantitative estimate of drug-likeness (QED) is 0.168. The first-order valence-corrected chi connectivity index (χ1v) is 21.2. The normalized spacial score (nSPS) is 11.8. The molecule has 0 saturated heterocycles. The van der Waals surface area contributed by atoms with E-state index >= 15 is 0 Å². The van der Waals surface area contributed by atoms with Gasteiger partial charge in [0.15, 0.2) is 17.5 Å². The smallest absolute Gasteiger partial charge is 0.164 e. The van der Waals surface area contributed by atoms with Crippen molar-refractivity contribution in [3.05, 3.63) is 212 Å². The van der Waals surface area contributed by atoms with Crippen LogP contribution in [-0.4, -0.2) is 24.1 Å². The van der Waals surface area contributed by atoms with Crippen LogP contribution in [0.1, 0.15) is 0 Å². The second-order valence-electron chi connectivity index (χ2n) is 16.0. The zero-order valence-electron chi connectivity index (χ0n) is 33.9. The summed E-state index contributed by atoms with van der Waals surface area (Å²) in [6.45, 7) is 0. The van der Waals surface area contributed by atoms with Crippen molar-refractivity contribution < 1.29 is 4.42 Å². The number of para-hydroxylation sites is 3. The average Bonchev–Trinajstić information content (AvgIpc) is 4.00. The lowest BCUT2D eigenvalue weighted by Gasteiger charge is -2.12. The van der Waals surface area contributed by atoms with Gasteiger partial charge in [0.2, 0.25) is 0 Å². The highest BCUT2D eigenvalue weighted by Crippen LogP contribution is 2.40. The fraction of sp³-hybridized carbons (Fsp3) is 0. The summed E-state index contributed by atoms with van der Waals surface area (Å²) in [5.41, 5.74) is 13.3. The lowest BCUT2D eigenvalue weighted by molar-refractivity contribution is 0.669. The fourth-order valence-electron chi connectivity index (χ4n) is 9.43. The molecule has 13 aromatic rings. The van der Waals surface area contributed by atoms with Gasteiger partial charge in [-0.3, -0.25) is 0 Å². The van der Waals surface area contributed by atoms with Crippen molar-refractivity contribution in [2.24, 2.45) is 0 Å². The number of furan rings is 1. The van der Waals surface area contributed by atoms with Crippen LogP contribution in [0.4, 0.5) is 0 Å². The van der Waals surface area contributed by atoms with Crippen molar-refractivity contribution in [3.8, 4) is 56.7 Å². The molecule has 6 nitrogen and oxygen atoms in total. The Labute approximate surface area is 361 Å². The number of rotatable bonds is 6. The monoisotopic (exact) mass is 805 g/mol. The Kier molecular flexibility index (Phi) is 7.80. The molecule has 0 unspecified atom stereocenters. The Morgan fingerprint density at radius 2 is 0.730 bits per heavy atom. The predicted molar refractivity (Wildman–Crippen MR) is 258 cm³/mol. The summed E-state index contributed by atoms with van der Waals surface area (Å²) in [4.78, 5) is 15.4. The first-order valence-electron chi connectivity index (χ1n) is 21.2. The Bertz CT molecular complexity index is 3900. The molecule has 0 spiro atoms. The standard InChI is InChI=1S/C57H35N5O/c1-4-15-36(16-5-1)38-27-29-45-46-30-28-40(33-54(46)63-53(45)32-38)57-59-55(37-17-6-2-7-18-37)58-56(60-57)39-19-14-22-42(31-39)62-50-26-13-11-24-44(50)48-34-47-43-23-10-12-25-49(43)61(51(47)35-52(48)62)41-20-8-3-9-21-41/h1-35H. The van der Waals surface area contributed by atoms with Crippen LogP contribution in [0.25, 0.3) is 122 Å². The Balaban J connectivity index is 0.980. The van der Waals surface area contributed by atoms with Gasteiger partial charge in [0, 0.05) is 60.4 Å². The molecule has 0 amide bonds. The molecule has 13 rings (SSSR count). The maximum atomic E-state index is 6.53. The molecule has 0 bridgehead atoms. The van der Waals surface area contributed by atoms with E-state index in [2.05, 4.69) is 185 Å². The van der Waals surface area contributed by atoms with E-state index < -0.39 is 0 Å². The van der Waals surface area contributed by atoms with Gasteiger partial charge in [0.05, 0.1) is 22.1 Å². The van der Waals surface area contributed by atoms with Crippen molar-refractivity contribution >= 4 is 65.6 Å². The summed E-state index contributed by atoms with van der Waals surface area (Å²) in [5.74, 6) is 1.76. The minimum atomic E-state index is 0.574. The summed E-state index contributed by atoms with van der Waals surface area (Å²) in [5, 5.41) is 6.97. The Morgan fingerprint density at radius 3 is 1.37 bits per heavy atom. The predicted octanol–water partition coefficient (Wildman–Crippen LogP) is 14.6. The van der Waals surface area contributed by atoms with E-state index in [0.29, 0.717) is 17.5 Å². The molecule has 0 N–H and O–H groups in total. The molecular weight excluding hydrogens is 771 g/mol. The molecule has 0 atom stereocenters. The topological polar surface area (TPSA) is 61.7 Å². The van der Waals surface area contributed by atoms with Crippen molar-refractivity contribution in [2.75, 3.05) is 0 Å². The minimum Gasteiger partial charge on any atom is -0.456 e. The first-order chi connectivity index (χ1) is 31.2. The second kappa shape index (κ2) is 14.0. The van der Waals surface area contributed by atoms with Crippen LogP contribution in [0.5, 0.6) is 0 Å². The maximum Gasteiger partial charge on any atom is 0.164 e. The molecule has 0 fully saturated rings. The molecule has 0 aliphatic rings. The summed E-state index contributed by atoms with van der Waals surface area (Å²) >= 11 is 0. The second-order valence-corrected chi connectivity index (χ2v) is 16.0. The molecule has 294 valence electrons. The van der Waals surface area contributed by atoms with Crippen LogP contribution < -0.4 is 0 Å². The van der Waals surface area contributed by atoms with Crippen LogP contribution in [0.3, 0.4) is 0 Å². The molecular formula is C57H35N5O. The number of aromatic nitrogens is 5. The van der Waals surface area contributed by atoms with E-state index in [9.17, 15) is 0 Å². The van der Waals surface area contributed by atoms with Gasteiger partial charge in [-0.25, -0.2) is 15.0 Å². The largest absolute Gasteiger partial charge is 0.456 e. The van der Waals surface area contributed by atoms with Crippen molar-refractivity contribution in [1.82, 2.24) is 24.1 Å². The van der Waals surface area contributed by atoms with Gasteiger partial charge in [-0.2, -0.15) is 0 Å². The van der Waals surface area contributed by atoms with Crippen LogP contribution >= 0.6 is 0 Å². The average molecular weight is 806 g/mol. The van der Waals surface area contributed by atoms with Crippen LogP contribution in [0.15, 0.2) is 217 Å². The van der Waals surface area contributed by atoms with E-state index in [0.717, 1.165) is 77.7 Å². The third-order valence-corrected chi connectivity index (χ3v) is 12.3.